The summed E-state index contributed by atoms with van der Waals surface area (Å²) in [6, 6.07) is 0. The topological polar surface area (TPSA) is 0 Å². The second kappa shape index (κ2) is 3.07. The Balaban J connectivity index is 2.75. The van der Waals surface area contributed by atoms with E-state index in [0.29, 0.717) is 0 Å². The van der Waals surface area contributed by atoms with Crippen molar-refractivity contribution in [2.45, 2.75) is 19.5 Å². The molecule has 0 nitrogen and oxygen atoms in total. The molecular formula is C4H8F2. The van der Waals surface area contributed by atoms with Gasteiger partial charge in [-0.3, -0.25) is 0 Å². The van der Waals surface area contributed by atoms with Crippen LogP contribution in [0.5, 0.6) is 0 Å². The van der Waals surface area contributed by atoms with Gasteiger partial charge in [-0.2, -0.15) is 0 Å². The molecule has 0 saturated carbocycles. The fraction of sp³-hybridized carbons (Fsp3) is 1.00. The quantitative estimate of drug-likeness (QED) is 0.488. The average molecular weight is 94.1 g/mol. The molecule has 0 spiro atoms. The molecule has 0 saturated heterocycles. The minimum Gasteiger partial charge on any atom is -0.248 e. The summed E-state index contributed by atoms with van der Waals surface area (Å²) in [6.07, 6.45) is -0.943. The van der Waals surface area contributed by atoms with Crippen molar-refractivity contribution in [2.24, 2.45) is 0 Å². The van der Waals surface area contributed by atoms with Gasteiger partial charge in [-0.15, -0.1) is 0 Å². The third-order valence-electron chi connectivity index (χ3n) is 0.610. The predicted molar refractivity (Wildman–Crippen MR) is 21.2 cm³/mol. The van der Waals surface area contributed by atoms with E-state index in [1.165, 1.54) is 0 Å². The Morgan fingerprint density at radius 3 is 2.17 bits per heavy atom. The summed E-state index contributed by atoms with van der Waals surface area (Å²) < 4.78 is 22.5. The van der Waals surface area contributed by atoms with Crippen LogP contribution < -0.4 is 0 Å². The molecule has 0 amide bonds. The fourth-order valence-corrected chi connectivity index (χ4v) is 0.109. The molecule has 0 aromatic carbocycles. The predicted octanol–water partition coefficient (Wildman–Crippen LogP) is 1.70. The minimum atomic E-state index is -1.23. The highest BCUT2D eigenvalue weighted by atomic mass is 19.2. The molecule has 0 aromatic heterocycles. The lowest BCUT2D eigenvalue weighted by Crippen LogP contribution is -1.97. The van der Waals surface area contributed by atoms with Gasteiger partial charge in [0, 0.05) is 0 Å². The molecule has 0 aliphatic heterocycles. The lowest BCUT2D eigenvalue weighted by atomic mass is 10.3. The zero-order chi connectivity index (χ0) is 4.99. The number of rotatable bonds is 2. The van der Waals surface area contributed by atoms with Gasteiger partial charge in [0.15, 0.2) is 0 Å². The second-order valence-electron chi connectivity index (χ2n) is 1.16. The van der Waals surface area contributed by atoms with Crippen LogP contribution in [0.2, 0.25) is 0 Å². The first-order chi connectivity index (χ1) is 2.81. The zero-order valence-electron chi connectivity index (χ0n) is 3.75. The van der Waals surface area contributed by atoms with Crippen molar-refractivity contribution < 1.29 is 8.78 Å². The van der Waals surface area contributed by atoms with Crippen molar-refractivity contribution in [1.82, 2.24) is 0 Å². The molecule has 0 heterocycles. The van der Waals surface area contributed by atoms with Crippen molar-refractivity contribution in [2.75, 3.05) is 6.67 Å². The zero-order valence-corrected chi connectivity index (χ0v) is 3.75. The molecule has 0 fully saturated rings. The van der Waals surface area contributed by atoms with Crippen molar-refractivity contribution in [1.29, 1.82) is 0 Å². The van der Waals surface area contributed by atoms with Gasteiger partial charge in [-0.1, -0.05) is 6.92 Å². The van der Waals surface area contributed by atoms with E-state index in [4.69, 9.17) is 0 Å². The smallest absolute Gasteiger partial charge is 0.128 e. The first-order valence-corrected chi connectivity index (χ1v) is 2.01. The second-order valence-corrected chi connectivity index (χ2v) is 1.16. The summed E-state index contributed by atoms with van der Waals surface area (Å²) >= 11 is 0. The molecule has 6 heavy (non-hydrogen) atoms. The molecule has 0 bridgehead atoms. The van der Waals surface area contributed by atoms with Crippen LogP contribution in [0.4, 0.5) is 8.78 Å². The van der Waals surface area contributed by atoms with Crippen LogP contribution >= 0.6 is 0 Å². The van der Waals surface area contributed by atoms with Gasteiger partial charge >= 0.3 is 0 Å². The van der Waals surface area contributed by atoms with E-state index in [0.717, 1.165) is 0 Å². The van der Waals surface area contributed by atoms with E-state index in [-0.39, 0.29) is 6.42 Å². The number of hydrogen-bond acceptors (Lipinski definition) is 0. The van der Waals surface area contributed by atoms with Crippen molar-refractivity contribution >= 4 is 0 Å². The van der Waals surface area contributed by atoms with Gasteiger partial charge in [0.1, 0.15) is 12.8 Å². The standard InChI is InChI=1S/C4H8F2/c1-2-4(6)3-5/h4H,2-3H2,1H3. The highest BCUT2D eigenvalue weighted by molar-refractivity contribution is 4.45. The maximum atomic E-state index is 11.5. The van der Waals surface area contributed by atoms with E-state index in [1.54, 1.807) is 6.92 Å². The van der Waals surface area contributed by atoms with E-state index in [1.807, 2.05) is 0 Å². The summed E-state index contributed by atoms with van der Waals surface area (Å²) in [7, 11) is 0. The van der Waals surface area contributed by atoms with Crippen molar-refractivity contribution in [3.8, 4) is 0 Å². The highest BCUT2D eigenvalue weighted by Crippen LogP contribution is 1.94. The Hall–Kier alpha value is -0.140. The maximum Gasteiger partial charge on any atom is 0.128 e. The Bertz CT molecular complexity index is 24.7. The highest BCUT2D eigenvalue weighted by Gasteiger charge is 1.97. The SMILES string of the molecule is CCC(F)CF. The summed E-state index contributed by atoms with van der Waals surface area (Å²) in [5, 5.41) is 0. The molecule has 1 atom stereocenters. The molecular weight excluding hydrogens is 86.0 g/mol. The summed E-state index contributed by atoms with van der Waals surface area (Å²) in [6.45, 7) is 0.779. The van der Waals surface area contributed by atoms with Crippen LogP contribution in [-0.4, -0.2) is 12.8 Å². The number of halogens is 2. The van der Waals surface area contributed by atoms with Gasteiger partial charge < -0.3 is 0 Å². The lowest BCUT2D eigenvalue weighted by molar-refractivity contribution is 0.254. The first kappa shape index (κ1) is 5.86. The number of alkyl halides is 2. The molecule has 0 aromatic rings. The molecule has 0 radical (unpaired) electrons. The van der Waals surface area contributed by atoms with Gasteiger partial charge in [-0.25, -0.2) is 8.78 Å². The van der Waals surface area contributed by atoms with Crippen LogP contribution in [0.3, 0.4) is 0 Å². The summed E-state index contributed by atoms with van der Waals surface area (Å²) in [4.78, 5) is 0. The Kier molecular flexibility index (Phi) is 2.99. The molecule has 0 N–H and O–H groups in total. The van der Waals surface area contributed by atoms with Gasteiger partial charge in [0.05, 0.1) is 0 Å². The van der Waals surface area contributed by atoms with Crippen LogP contribution in [0.25, 0.3) is 0 Å². The summed E-state index contributed by atoms with van der Waals surface area (Å²) in [5.41, 5.74) is 0. The monoisotopic (exact) mass is 94.1 g/mol. The molecule has 0 aliphatic carbocycles. The van der Waals surface area contributed by atoms with Gasteiger partial charge in [0.2, 0.25) is 0 Å². The third-order valence-corrected chi connectivity index (χ3v) is 0.610. The lowest BCUT2D eigenvalue weighted by Gasteiger charge is -1.91. The van der Waals surface area contributed by atoms with Crippen LogP contribution in [0, 0.1) is 0 Å². The Labute approximate surface area is 36.2 Å². The first-order valence-electron chi connectivity index (χ1n) is 2.01. The van der Waals surface area contributed by atoms with E-state index in [2.05, 4.69) is 0 Å². The van der Waals surface area contributed by atoms with Crippen LogP contribution in [0.1, 0.15) is 13.3 Å². The molecule has 2 heteroatoms. The summed E-state index contributed by atoms with van der Waals surface area (Å²) in [5.74, 6) is 0. The van der Waals surface area contributed by atoms with Crippen molar-refractivity contribution in [3.63, 3.8) is 0 Å². The van der Waals surface area contributed by atoms with Crippen molar-refractivity contribution in [3.05, 3.63) is 0 Å². The van der Waals surface area contributed by atoms with Gasteiger partial charge in [0.25, 0.3) is 0 Å². The van der Waals surface area contributed by atoms with E-state index < -0.39 is 12.8 Å². The van der Waals surface area contributed by atoms with Crippen LogP contribution in [0.15, 0.2) is 0 Å². The minimum absolute atomic E-state index is 0.288. The van der Waals surface area contributed by atoms with E-state index in [9.17, 15) is 8.78 Å². The Morgan fingerprint density at radius 1 is 1.67 bits per heavy atom. The van der Waals surface area contributed by atoms with Crippen LogP contribution in [-0.2, 0) is 0 Å². The molecule has 38 valence electrons. The molecule has 0 aliphatic rings. The third kappa shape index (κ3) is 2.12. The maximum absolute atomic E-state index is 11.5. The normalized spacial score (nSPS) is 14.5. The molecule has 1 unspecified atom stereocenters. The Morgan fingerprint density at radius 2 is 2.17 bits per heavy atom. The largest absolute Gasteiger partial charge is 0.248 e. The molecule has 0 rings (SSSR count). The number of hydrogen-bond donors (Lipinski definition) is 0. The average Bonchev–Trinajstić information content (AvgIpc) is 1.65. The van der Waals surface area contributed by atoms with E-state index >= 15 is 0 Å². The fourth-order valence-electron chi connectivity index (χ4n) is 0.109. The van der Waals surface area contributed by atoms with Gasteiger partial charge in [-0.05, 0) is 6.42 Å².